The number of likely N-dealkylation sites (N-methyl/N-ethyl adjacent to an activating group) is 1. The summed E-state index contributed by atoms with van der Waals surface area (Å²) in [5, 5.41) is 9.33. The quantitative estimate of drug-likeness (QED) is 0.738. The number of aryl methyl sites for hydroxylation is 1. The Morgan fingerprint density at radius 3 is 2.52 bits per heavy atom. The monoisotopic (exact) mass is 320 g/mol. The number of rotatable bonds is 5. The van der Waals surface area contributed by atoms with Gasteiger partial charge < -0.3 is 15.5 Å². The Morgan fingerprint density at radius 2 is 1.95 bits per heavy atom. The Labute approximate surface area is 136 Å². The summed E-state index contributed by atoms with van der Waals surface area (Å²) in [6.07, 6.45) is 0. The zero-order chi connectivity index (χ0) is 15.2. The molecule has 3 nitrogen and oxygen atoms in total. The minimum Gasteiger partial charge on any atom is -0.356 e. The Kier molecular flexibility index (Phi) is 5.73. The van der Waals surface area contributed by atoms with E-state index in [9.17, 15) is 0 Å². The number of anilines is 1. The van der Waals surface area contributed by atoms with Crippen LogP contribution in [-0.4, -0.2) is 25.8 Å². The fourth-order valence-corrected chi connectivity index (χ4v) is 3.24. The average molecular weight is 321 g/mol. The molecule has 0 bridgehead atoms. The molecule has 1 aromatic carbocycles. The summed E-state index contributed by atoms with van der Waals surface area (Å²) in [5.74, 6) is 0. The lowest BCUT2D eigenvalue weighted by Gasteiger charge is -2.21. The van der Waals surface area contributed by atoms with Crippen LogP contribution in [0, 0.1) is 6.92 Å². The Balaban J connectivity index is 1.89. The maximum Gasteiger partial charge on any atom is 0.171 e. The van der Waals surface area contributed by atoms with Crippen molar-refractivity contribution in [3.63, 3.8) is 0 Å². The highest BCUT2D eigenvalue weighted by Gasteiger charge is 2.18. The zero-order valence-corrected chi connectivity index (χ0v) is 14.3. The van der Waals surface area contributed by atoms with Gasteiger partial charge in [-0.25, -0.2) is 0 Å². The molecule has 5 heteroatoms. The molecule has 0 aliphatic rings. The van der Waals surface area contributed by atoms with Gasteiger partial charge in [0.25, 0.3) is 0 Å². The van der Waals surface area contributed by atoms with E-state index in [0.717, 1.165) is 12.2 Å². The number of hydrogen-bond donors (Lipinski definition) is 3. The van der Waals surface area contributed by atoms with Gasteiger partial charge in [-0.2, -0.15) is 0 Å². The molecule has 0 aliphatic heterocycles. The van der Waals surface area contributed by atoms with Gasteiger partial charge >= 0.3 is 0 Å². The first-order valence-electron chi connectivity index (χ1n) is 7.01. The van der Waals surface area contributed by atoms with Crippen molar-refractivity contribution in [3.05, 3.63) is 52.2 Å². The summed E-state index contributed by atoms with van der Waals surface area (Å²) < 4.78 is 0. The van der Waals surface area contributed by atoms with E-state index in [1.165, 1.54) is 15.3 Å². The molecular weight excluding hydrogens is 298 g/mol. The van der Waals surface area contributed by atoms with E-state index in [-0.39, 0.29) is 0 Å². The van der Waals surface area contributed by atoms with E-state index in [2.05, 4.69) is 61.3 Å². The van der Waals surface area contributed by atoms with Gasteiger partial charge in [0.1, 0.15) is 6.04 Å². The summed E-state index contributed by atoms with van der Waals surface area (Å²) in [6, 6.07) is 12.9. The third-order valence-electron chi connectivity index (χ3n) is 3.36. The summed E-state index contributed by atoms with van der Waals surface area (Å²) in [5.41, 5.74) is 2.26. The van der Waals surface area contributed by atoms with Gasteiger partial charge in [0.2, 0.25) is 0 Å². The predicted molar refractivity (Wildman–Crippen MR) is 95.3 cm³/mol. The van der Waals surface area contributed by atoms with Crippen molar-refractivity contribution in [1.82, 2.24) is 5.32 Å². The minimum absolute atomic E-state index is 0.405. The molecule has 0 saturated carbocycles. The summed E-state index contributed by atoms with van der Waals surface area (Å²) in [7, 11) is 4.34. The third-order valence-corrected chi connectivity index (χ3v) is 4.59. The first kappa shape index (κ1) is 15.9. The molecule has 1 atom stereocenters. The molecule has 1 aromatic heterocycles. The van der Waals surface area contributed by atoms with Gasteiger partial charge in [0.15, 0.2) is 5.11 Å². The standard InChI is InChI=1S/C16H21N3S2/c1-12-6-8-13(9-7-12)18-16(20)17-11-14(19(2)3)15-5-4-10-21-15/h4-10,14H,11H2,1-3H3,(H2,17,18,20)/p+1/t14-/m1/s1. The molecule has 1 heterocycles. The average Bonchev–Trinajstić information content (AvgIpc) is 2.95. The highest BCUT2D eigenvalue weighted by molar-refractivity contribution is 7.80. The number of thiocarbonyl (C=S) groups is 1. The maximum absolute atomic E-state index is 5.38. The van der Waals surface area contributed by atoms with E-state index in [4.69, 9.17) is 12.2 Å². The lowest BCUT2D eigenvalue weighted by molar-refractivity contribution is -0.890. The van der Waals surface area contributed by atoms with Crippen molar-refractivity contribution >= 4 is 34.4 Å². The van der Waals surface area contributed by atoms with E-state index in [1.54, 1.807) is 11.3 Å². The molecule has 0 radical (unpaired) electrons. The van der Waals surface area contributed by atoms with Crippen molar-refractivity contribution in [2.24, 2.45) is 0 Å². The molecule has 21 heavy (non-hydrogen) atoms. The number of quaternary nitrogens is 1. The van der Waals surface area contributed by atoms with Gasteiger partial charge in [-0.15, -0.1) is 11.3 Å². The SMILES string of the molecule is Cc1ccc(NC(=S)NC[C@H](c2cccs2)[NH+](C)C)cc1. The number of nitrogens with one attached hydrogen (secondary N) is 3. The van der Waals surface area contributed by atoms with Crippen LogP contribution in [0.3, 0.4) is 0 Å². The van der Waals surface area contributed by atoms with E-state index >= 15 is 0 Å². The van der Waals surface area contributed by atoms with Crippen LogP contribution in [0.15, 0.2) is 41.8 Å². The van der Waals surface area contributed by atoms with Crippen molar-refractivity contribution in [2.75, 3.05) is 26.0 Å². The van der Waals surface area contributed by atoms with Crippen LogP contribution < -0.4 is 15.5 Å². The molecule has 0 aliphatic carbocycles. The normalized spacial score (nSPS) is 12.2. The summed E-state index contributed by atoms with van der Waals surface area (Å²) in [4.78, 5) is 2.77. The topological polar surface area (TPSA) is 28.5 Å². The van der Waals surface area contributed by atoms with Crippen LogP contribution >= 0.6 is 23.6 Å². The van der Waals surface area contributed by atoms with E-state index in [0.29, 0.717) is 11.2 Å². The van der Waals surface area contributed by atoms with Gasteiger partial charge in [0.05, 0.1) is 25.5 Å². The zero-order valence-electron chi connectivity index (χ0n) is 12.6. The molecule has 3 N–H and O–H groups in total. The van der Waals surface area contributed by atoms with Crippen LogP contribution in [0.4, 0.5) is 5.69 Å². The Morgan fingerprint density at radius 1 is 1.24 bits per heavy atom. The van der Waals surface area contributed by atoms with Crippen LogP contribution in [0.5, 0.6) is 0 Å². The first-order chi connectivity index (χ1) is 10.1. The number of thiophene rings is 1. The van der Waals surface area contributed by atoms with E-state index < -0.39 is 0 Å². The molecule has 2 rings (SSSR count). The predicted octanol–water partition coefficient (Wildman–Crippen LogP) is 2.23. The molecule has 0 unspecified atom stereocenters. The molecular formula is C16H22N3S2+. The second kappa shape index (κ2) is 7.54. The van der Waals surface area contributed by atoms with E-state index in [1.807, 2.05) is 12.1 Å². The summed E-state index contributed by atoms with van der Waals surface area (Å²) in [6.45, 7) is 2.90. The fraction of sp³-hybridized carbons (Fsp3) is 0.312. The third kappa shape index (κ3) is 4.81. The second-order valence-electron chi connectivity index (χ2n) is 5.35. The van der Waals surface area contributed by atoms with Gasteiger partial charge in [-0.1, -0.05) is 23.8 Å². The van der Waals surface area contributed by atoms with Crippen LogP contribution in [-0.2, 0) is 0 Å². The second-order valence-corrected chi connectivity index (χ2v) is 6.73. The van der Waals surface area contributed by atoms with Gasteiger partial charge in [-0.3, -0.25) is 0 Å². The highest BCUT2D eigenvalue weighted by Crippen LogP contribution is 2.15. The largest absolute Gasteiger partial charge is 0.356 e. The number of benzene rings is 1. The van der Waals surface area contributed by atoms with Crippen LogP contribution in [0.2, 0.25) is 0 Å². The lowest BCUT2D eigenvalue weighted by Crippen LogP contribution is -3.06. The van der Waals surface area contributed by atoms with Crippen LogP contribution in [0.1, 0.15) is 16.5 Å². The Hall–Kier alpha value is -1.43. The van der Waals surface area contributed by atoms with Gasteiger partial charge in [0, 0.05) is 5.69 Å². The smallest absolute Gasteiger partial charge is 0.171 e. The Bertz CT molecular complexity index is 562. The minimum atomic E-state index is 0.405. The summed E-state index contributed by atoms with van der Waals surface area (Å²) >= 11 is 7.17. The fourth-order valence-electron chi connectivity index (χ4n) is 2.09. The first-order valence-corrected chi connectivity index (χ1v) is 8.30. The maximum atomic E-state index is 5.38. The lowest BCUT2D eigenvalue weighted by atomic mass is 10.2. The van der Waals surface area contributed by atoms with Crippen molar-refractivity contribution in [3.8, 4) is 0 Å². The number of hydrogen-bond acceptors (Lipinski definition) is 2. The molecule has 112 valence electrons. The van der Waals surface area contributed by atoms with Crippen molar-refractivity contribution < 1.29 is 4.90 Å². The molecule has 2 aromatic rings. The molecule has 0 spiro atoms. The highest BCUT2D eigenvalue weighted by atomic mass is 32.1. The molecule has 0 fully saturated rings. The van der Waals surface area contributed by atoms with Gasteiger partial charge in [-0.05, 0) is 42.7 Å². The van der Waals surface area contributed by atoms with Crippen molar-refractivity contribution in [2.45, 2.75) is 13.0 Å². The van der Waals surface area contributed by atoms with Crippen molar-refractivity contribution in [1.29, 1.82) is 0 Å². The molecule has 0 amide bonds. The van der Waals surface area contributed by atoms with Crippen LogP contribution in [0.25, 0.3) is 0 Å². The molecule has 0 saturated heterocycles.